The molecule has 1 aromatic heterocycles. The third-order valence-corrected chi connectivity index (χ3v) is 6.14. The number of nitrogens with zero attached hydrogens (tertiary/aromatic N) is 2. The Morgan fingerprint density at radius 1 is 0.833 bits per heavy atom. The van der Waals surface area contributed by atoms with Crippen molar-refractivity contribution in [2.75, 3.05) is 6.61 Å². The normalized spacial score (nSPS) is 13.1. The van der Waals surface area contributed by atoms with Gasteiger partial charge in [0.1, 0.15) is 18.1 Å². The molecule has 0 fully saturated rings. The molecule has 5 rings (SSSR count). The molecular weight excluding hydrogens is 472 g/mol. The molecular formula is C30H21ClN2O3. The number of halogens is 1. The Morgan fingerprint density at radius 2 is 1.47 bits per heavy atom. The number of aromatic nitrogens is 1. The van der Waals surface area contributed by atoms with E-state index < -0.39 is 6.04 Å². The lowest BCUT2D eigenvalue weighted by atomic mass is 10.1. The quantitative estimate of drug-likeness (QED) is 0.258. The zero-order valence-electron chi connectivity index (χ0n) is 19.4. The third-order valence-electron chi connectivity index (χ3n) is 5.89. The number of fused-ring (bicyclic) bond motifs is 1. The van der Waals surface area contributed by atoms with Crippen molar-refractivity contribution >= 4 is 23.4 Å². The van der Waals surface area contributed by atoms with Crippen molar-refractivity contribution < 1.29 is 14.3 Å². The molecule has 3 aromatic carbocycles. The van der Waals surface area contributed by atoms with E-state index in [0.29, 0.717) is 27.6 Å². The van der Waals surface area contributed by atoms with E-state index in [9.17, 15) is 9.59 Å². The van der Waals surface area contributed by atoms with Gasteiger partial charge in [0.15, 0.2) is 0 Å². The molecule has 1 aliphatic heterocycles. The highest BCUT2D eigenvalue weighted by Gasteiger charge is 2.38. The predicted octanol–water partition coefficient (Wildman–Crippen LogP) is 5.87. The topological polar surface area (TPSA) is 59.5 Å². The van der Waals surface area contributed by atoms with Crippen LogP contribution in [0.3, 0.4) is 0 Å². The highest BCUT2D eigenvalue weighted by atomic mass is 35.5. The molecule has 0 bridgehead atoms. The number of carbonyl (C=O) groups excluding carboxylic acids is 2. The SMILES string of the molecule is C[C@@H](COc1ccc(C#Cc2ccc(-c3ccc(Cl)cc3)cn2)cc1)N1C(=O)c2ccccc2C1=O. The molecule has 0 N–H and O–H groups in total. The number of amides is 2. The minimum Gasteiger partial charge on any atom is -0.491 e. The van der Waals surface area contributed by atoms with E-state index in [1.807, 2.05) is 60.7 Å². The maximum atomic E-state index is 12.6. The van der Waals surface area contributed by atoms with Gasteiger partial charge in [-0.15, -0.1) is 0 Å². The van der Waals surface area contributed by atoms with Crippen molar-refractivity contribution in [2.45, 2.75) is 13.0 Å². The van der Waals surface area contributed by atoms with Gasteiger partial charge < -0.3 is 4.74 Å². The number of rotatable bonds is 5. The van der Waals surface area contributed by atoms with E-state index in [0.717, 1.165) is 16.7 Å². The van der Waals surface area contributed by atoms with Gasteiger partial charge in [-0.1, -0.05) is 47.9 Å². The van der Waals surface area contributed by atoms with E-state index in [1.54, 1.807) is 37.4 Å². The van der Waals surface area contributed by atoms with Crippen LogP contribution in [0.5, 0.6) is 5.75 Å². The molecule has 1 atom stereocenters. The van der Waals surface area contributed by atoms with Crippen LogP contribution < -0.4 is 4.74 Å². The number of hydrogen-bond acceptors (Lipinski definition) is 4. The van der Waals surface area contributed by atoms with Crippen LogP contribution in [-0.2, 0) is 0 Å². The van der Waals surface area contributed by atoms with Gasteiger partial charge in [-0.25, -0.2) is 4.98 Å². The van der Waals surface area contributed by atoms with Gasteiger partial charge in [0, 0.05) is 22.3 Å². The first-order valence-corrected chi connectivity index (χ1v) is 11.8. The van der Waals surface area contributed by atoms with Crippen molar-refractivity contribution in [1.82, 2.24) is 9.88 Å². The fraction of sp³-hybridized carbons (Fsp3) is 0.100. The van der Waals surface area contributed by atoms with Crippen LogP contribution in [0.25, 0.3) is 11.1 Å². The first-order chi connectivity index (χ1) is 17.5. The number of pyridine rings is 1. The molecule has 36 heavy (non-hydrogen) atoms. The first kappa shape index (κ1) is 23.3. The molecule has 5 nitrogen and oxygen atoms in total. The van der Waals surface area contributed by atoms with Gasteiger partial charge in [0.2, 0.25) is 0 Å². The predicted molar refractivity (Wildman–Crippen MR) is 139 cm³/mol. The minimum absolute atomic E-state index is 0.195. The Labute approximate surface area is 214 Å². The average molecular weight is 493 g/mol. The minimum atomic E-state index is -0.404. The second-order valence-electron chi connectivity index (χ2n) is 8.40. The number of carbonyl (C=O) groups is 2. The van der Waals surface area contributed by atoms with Gasteiger partial charge in [-0.2, -0.15) is 0 Å². The van der Waals surface area contributed by atoms with Crippen LogP contribution >= 0.6 is 11.6 Å². The molecule has 6 heteroatoms. The lowest BCUT2D eigenvalue weighted by molar-refractivity contribution is 0.0551. The molecule has 0 radical (unpaired) electrons. The summed E-state index contributed by atoms with van der Waals surface area (Å²) in [6.45, 7) is 1.99. The Bertz CT molecular complexity index is 1450. The van der Waals surface area contributed by atoms with Gasteiger partial charge in [-0.05, 0) is 73.0 Å². The van der Waals surface area contributed by atoms with Crippen molar-refractivity contribution in [1.29, 1.82) is 0 Å². The summed E-state index contributed by atoms with van der Waals surface area (Å²) in [5.41, 5.74) is 4.40. The van der Waals surface area contributed by atoms with Crippen LogP contribution in [-0.4, -0.2) is 34.3 Å². The zero-order valence-corrected chi connectivity index (χ0v) is 20.2. The molecule has 0 spiro atoms. The fourth-order valence-corrected chi connectivity index (χ4v) is 4.08. The van der Waals surface area contributed by atoms with Crippen molar-refractivity contribution in [3.05, 3.63) is 119 Å². The van der Waals surface area contributed by atoms with E-state index in [-0.39, 0.29) is 18.4 Å². The standard InChI is InChI=1S/C30H21ClN2O3/c1-20(33-29(34)27-4-2-3-5-28(27)30(33)35)19-36-26-16-7-21(8-17-26)6-14-25-15-11-23(18-32-25)22-9-12-24(31)13-10-22/h2-5,7-13,15-18,20H,19H2,1H3/t20-/m0/s1. The van der Waals surface area contributed by atoms with Gasteiger partial charge in [0.25, 0.3) is 11.8 Å². The summed E-state index contributed by atoms with van der Waals surface area (Å²) in [7, 11) is 0. The molecule has 176 valence electrons. The molecule has 0 aliphatic carbocycles. The van der Waals surface area contributed by atoms with Crippen molar-refractivity contribution in [3.63, 3.8) is 0 Å². The van der Waals surface area contributed by atoms with Crippen LogP contribution in [0.4, 0.5) is 0 Å². The molecule has 1 aliphatic rings. The number of hydrogen-bond donors (Lipinski definition) is 0. The second-order valence-corrected chi connectivity index (χ2v) is 8.84. The molecule has 2 heterocycles. The molecule has 0 unspecified atom stereocenters. The van der Waals surface area contributed by atoms with Crippen LogP contribution in [0.2, 0.25) is 5.02 Å². The van der Waals surface area contributed by atoms with Gasteiger partial charge in [-0.3, -0.25) is 14.5 Å². The Hall–Kier alpha value is -4.40. The Morgan fingerprint density at radius 3 is 2.08 bits per heavy atom. The van der Waals surface area contributed by atoms with E-state index in [2.05, 4.69) is 16.8 Å². The smallest absolute Gasteiger partial charge is 0.261 e. The number of benzene rings is 3. The largest absolute Gasteiger partial charge is 0.491 e. The molecule has 4 aromatic rings. The highest BCUT2D eigenvalue weighted by molar-refractivity contribution is 6.30. The Balaban J connectivity index is 1.18. The van der Waals surface area contributed by atoms with Crippen LogP contribution in [0.1, 0.15) is 38.9 Å². The Kier molecular flexibility index (Phi) is 6.53. The van der Waals surface area contributed by atoms with Crippen LogP contribution in [0.15, 0.2) is 91.1 Å². The maximum Gasteiger partial charge on any atom is 0.261 e. The molecule has 2 amide bonds. The van der Waals surface area contributed by atoms with Gasteiger partial charge >= 0.3 is 0 Å². The fourth-order valence-electron chi connectivity index (χ4n) is 3.95. The van der Waals surface area contributed by atoms with Crippen LogP contribution in [0, 0.1) is 11.8 Å². The average Bonchev–Trinajstić information content (AvgIpc) is 3.17. The highest BCUT2D eigenvalue weighted by Crippen LogP contribution is 2.25. The monoisotopic (exact) mass is 492 g/mol. The summed E-state index contributed by atoms with van der Waals surface area (Å²) in [5, 5.41) is 0.697. The summed E-state index contributed by atoms with van der Waals surface area (Å²) < 4.78 is 5.84. The van der Waals surface area contributed by atoms with Crippen molar-refractivity contribution in [3.8, 4) is 28.7 Å². The lowest BCUT2D eigenvalue weighted by Crippen LogP contribution is -2.41. The number of ether oxygens (including phenoxy) is 1. The summed E-state index contributed by atoms with van der Waals surface area (Å²) in [6.07, 6.45) is 1.79. The lowest BCUT2D eigenvalue weighted by Gasteiger charge is -2.22. The van der Waals surface area contributed by atoms with Crippen molar-refractivity contribution in [2.24, 2.45) is 0 Å². The van der Waals surface area contributed by atoms with Gasteiger partial charge in [0.05, 0.1) is 17.2 Å². The molecule has 0 saturated carbocycles. The van der Waals surface area contributed by atoms with E-state index >= 15 is 0 Å². The third kappa shape index (κ3) is 4.86. The zero-order chi connectivity index (χ0) is 25.1. The summed E-state index contributed by atoms with van der Waals surface area (Å²) in [5.74, 6) is 6.24. The molecule has 0 saturated heterocycles. The summed E-state index contributed by atoms with van der Waals surface area (Å²) in [4.78, 5) is 30.9. The maximum absolute atomic E-state index is 12.6. The first-order valence-electron chi connectivity index (χ1n) is 11.4. The second kappa shape index (κ2) is 10.1. The van der Waals surface area contributed by atoms with E-state index in [4.69, 9.17) is 16.3 Å². The summed E-state index contributed by atoms with van der Waals surface area (Å²) in [6, 6.07) is 25.3. The van der Waals surface area contributed by atoms with E-state index in [1.165, 1.54) is 4.90 Å². The number of imide groups is 1. The summed E-state index contributed by atoms with van der Waals surface area (Å²) >= 11 is 5.95.